The minimum Gasteiger partial charge on any atom is -0.352 e. The summed E-state index contributed by atoms with van der Waals surface area (Å²) in [6.07, 6.45) is 4.15. The van der Waals surface area contributed by atoms with Crippen molar-refractivity contribution in [3.63, 3.8) is 0 Å². The van der Waals surface area contributed by atoms with E-state index >= 15 is 0 Å². The zero-order chi connectivity index (χ0) is 32.7. The van der Waals surface area contributed by atoms with E-state index in [4.69, 9.17) is 11.6 Å². The number of benzene rings is 4. The summed E-state index contributed by atoms with van der Waals surface area (Å²) in [5.41, 5.74) is 2.77. The molecule has 0 aliphatic heterocycles. The second kappa shape index (κ2) is 15.3. The zero-order valence-corrected chi connectivity index (χ0v) is 28.8. The van der Waals surface area contributed by atoms with E-state index < -0.39 is 28.5 Å². The monoisotopic (exact) mass is 721 g/mol. The van der Waals surface area contributed by atoms with E-state index in [0.29, 0.717) is 16.3 Å². The molecule has 4 aromatic rings. The summed E-state index contributed by atoms with van der Waals surface area (Å²) < 4.78 is 30.4. The number of rotatable bonds is 12. The highest BCUT2D eigenvalue weighted by Crippen LogP contribution is 2.29. The minimum absolute atomic E-state index is 0.00669. The number of anilines is 1. The molecule has 1 aliphatic rings. The van der Waals surface area contributed by atoms with Gasteiger partial charge >= 0.3 is 0 Å². The lowest BCUT2D eigenvalue weighted by molar-refractivity contribution is -0.140. The van der Waals surface area contributed by atoms with Crippen LogP contribution in [-0.2, 0) is 32.6 Å². The Morgan fingerprint density at radius 3 is 2.15 bits per heavy atom. The number of amides is 2. The van der Waals surface area contributed by atoms with Crippen LogP contribution in [0.15, 0.2) is 112 Å². The van der Waals surface area contributed by atoms with Crippen LogP contribution in [0.4, 0.5) is 5.69 Å². The Bertz CT molecular complexity index is 1750. The van der Waals surface area contributed by atoms with Crippen LogP contribution in [0, 0.1) is 6.92 Å². The first kappa shape index (κ1) is 33.7. The Labute approximate surface area is 284 Å². The number of nitrogens with one attached hydrogen (secondary N) is 1. The van der Waals surface area contributed by atoms with Gasteiger partial charge in [0.1, 0.15) is 12.6 Å². The van der Waals surface area contributed by atoms with Gasteiger partial charge in [-0.1, -0.05) is 101 Å². The summed E-state index contributed by atoms with van der Waals surface area (Å²) in [6, 6.07) is 29.2. The Balaban J connectivity index is 1.57. The zero-order valence-electron chi connectivity index (χ0n) is 25.6. The van der Waals surface area contributed by atoms with E-state index in [1.54, 1.807) is 25.1 Å². The standard InChI is InChI=1S/C36H37BrClN3O4S/c1-26-9-5-8-14-33(26)41(46(44,45)32-21-19-30(38)20-22-32)25-35(42)40(24-28-15-17-29(37)18-16-28)34(23-27-10-3-2-4-11-27)36(43)39-31-12-6-7-13-31/h2-5,8-11,14-22,31,34H,6-7,12-13,23-25H2,1H3,(H,39,43)/t34-/m1/s1. The van der Waals surface area contributed by atoms with Crippen molar-refractivity contribution in [1.29, 1.82) is 0 Å². The minimum atomic E-state index is -4.20. The summed E-state index contributed by atoms with van der Waals surface area (Å²) in [7, 11) is -4.20. The van der Waals surface area contributed by atoms with Gasteiger partial charge < -0.3 is 10.2 Å². The van der Waals surface area contributed by atoms with Gasteiger partial charge in [0.05, 0.1) is 10.6 Å². The van der Waals surface area contributed by atoms with E-state index in [0.717, 1.165) is 45.6 Å². The third-order valence-corrected chi connectivity index (χ3v) is 10.9. The first-order valence-corrected chi connectivity index (χ1v) is 17.9. The van der Waals surface area contributed by atoms with E-state index in [1.807, 2.05) is 60.7 Å². The van der Waals surface area contributed by atoms with Crippen molar-refractivity contribution < 1.29 is 18.0 Å². The molecular formula is C36H37BrClN3O4S. The van der Waals surface area contributed by atoms with Gasteiger partial charge in [-0.2, -0.15) is 0 Å². The number of nitrogens with zero attached hydrogens (tertiary/aromatic N) is 2. The lowest BCUT2D eigenvalue weighted by atomic mass is 10.0. The van der Waals surface area contributed by atoms with E-state index in [-0.39, 0.29) is 29.8 Å². The molecule has 240 valence electrons. The number of para-hydroxylation sites is 1. The summed E-state index contributed by atoms with van der Waals surface area (Å²) in [6.45, 7) is 1.41. The Kier molecular flexibility index (Phi) is 11.2. The smallest absolute Gasteiger partial charge is 0.264 e. The SMILES string of the molecule is Cc1ccccc1N(CC(=O)N(Cc1ccc(Br)cc1)[C@H](Cc1ccccc1)C(=O)NC1CCCC1)S(=O)(=O)c1ccc(Cl)cc1. The maximum atomic E-state index is 14.6. The molecule has 1 aliphatic carbocycles. The molecule has 4 aromatic carbocycles. The Hall–Kier alpha value is -3.66. The molecule has 0 heterocycles. The molecule has 0 saturated heterocycles. The number of hydrogen-bond donors (Lipinski definition) is 1. The van der Waals surface area contributed by atoms with Crippen molar-refractivity contribution in [2.45, 2.75) is 62.6 Å². The van der Waals surface area contributed by atoms with E-state index in [9.17, 15) is 18.0 Å². The summed E-state index contributed by atoms with van der Waals surface area (Å²) in [4.78, 5) is 30.3. The number of aryl methyl sites for hydroxylation is 1. The lowest BCUT2D eigenvalue weighted by Gasteiger charge is -2.34. The quantitative estimate of drug-likeness (QED) is 0.166. The van der Waals surface area contributed by atoms with Crippen LogP contribution < -0.4 is 9.62 Å². The van der Waals surface area contributed by atoms with Crippen LogP contribution in [0.2, 0.25) is 5.02 Å². The molecule has 1 atom stereocenters. The van der Waals surface area contributed by atoms with Gasteiger partial charge in [-0.25, -0.2) is 8.42 Å². The fourth-order valence-corrected chi connectivity index (χ4v) is 7.67. The molecule has 0 unspecified atom stereocenters. The van der Waals surface area contributed by atoms with Crippen molar-refractivity contribution in [1.82, 2.24) is 10.2 Å². The second-order valence-electron chi connectivity index (χ2n) is 11.6. The van der Waals surface area contributed by atoms with Gasteiger partial charge in [0.15, 0.2) is 0 Å². The first-order valence-electron chi connectivity index (χ1n) is 15.3. The Morgan fingerprint density at radius 2 is 1.50 bits per heavy atom. The molecule has 7 nitrogen and oxygen atoms in total. The van der Waals surface area contributed by atoms with Crippen molar-refractivity contribution in [3.8, 4) is 0 Å². The van der Waals surface area contributed by atoms with Gasteiger partial charge in [0, 0.05) is 28.5 Å². The van der Waals surface area contributed by atoms with Gasteiger partial charge in [-0.3, -0.25) is 13.9 Å². The van der Waals surface area contributed by atoms with Crippen molar-refractivity contribution in [3.05, 3.63) is 129 Å². The molecule has 0 bridgehead atoms. The highest BCUT2D eigenvalue weighted by molar-refractivity contribution is 9.10. The summed E-state index contributed by atoms with van der Waals surface area (Å²) >= 11 is 9.55. The highest BCUT2D eigenvalue weighted by atomic mass is 79.9. The van der Waals surface area contributed by atoms with Crippen LogP contribution in [-0.4, -0.2) is 43.8 Å². The molecule has 2 amide bonds. The average Bonchev–Trinajstić information content (AvgIpc) is 3.56. The maximum Gasteiger partial charge on any atom is 0.264 e. The number of sulfonamides is 1. The largest absolute Gasteiger partial charge is 0.352 e. The van der Waals surface area contributed by atoms with Crippen molar-refractivity contribution >= 4 is 55.1 Å². The summed E-state index contributed by atoms with van der Waals surface area (Å²) in [5.74, 6) is -0.740. The number of halogens is 2. The number of carbonyl (C=O) groups is 2. The Morgan fingerprint density at radius 1 is 0.870 bits per heavy atom. The normalized spacial score (nSPS) is 14.1. The lowest BCUT2D eigenvalue weighted by Crippen LogP contribution is -2.54. The van der Waals surface area contributed by atoms with Gasteiger partial charge in [0.2, 0.25) is 11.8 Å². The van der Waals surface area contributed by atoms with E-state index in [1.165, 1.54) is 29.2 Å². The molecule has 1 saturated carbocycles. The highest BCUT2D eigenvalue weighted by Gasteiger charge is 2.36. The van der Waals surface area contributed by atoms with E-state index in [2.05, 4.69) is 21.2 Å². The third kappa shape index (κ3) is 8.37. The second-order valence-corrected chi connectivity index (χ2v) is 14.8. The predicted molar refractivity (Wildman–Crippen MR) is 186 cm³/mol. The molecule has 0 spiro atoms. The van der Waals surface area contributed by atoms with Gasteiger partial charge in [-0.05, 0) is 78.9 Å². The molecule has 10 heteroatoms. The van der Waals surface area contributed by atoms with Crippen LogP contribution in [0.1, 0.15) is 42.4 Å². The third-order valence-electron chi connectivity index (χ3n) is 8.30. The van der Waals surface area contributed by atoms with Crippen molar-refractivity contribution in [2.75, 3.05) is 10.8 Å². The molecule has 46 heavy (non-hydrogen) atoms. The van der Waals surface area contributed by atoms with Crippen LogP contribution in [0.3, 0.4) is 0 Å². The molecule has 0 radical (unpaired) electrons. The average molecular weight is 723 g/mol. The molecule has 1 fully saturated rings. The van der Waals surface area contributed by atoms with Crippen LogP contribution in [0.25, 0.3) is 0 Å². The maximum absolute atomic E-state index is 14.6. The molecule has 5 rings (SSSR count). The van der Waals surface area contributed by atoms with Gasteiger partial charge in [0.25, 0.3) is 10.0 Å². The first-order chi connectivity index (χ1) is 22.1. The fourth-order valence-electron chi connectivity index (χ4n) is 5.80. The number of hydrogen-bond acceptors (Lipinski definition) is 4. The van der Waals surface area contributed by atoms with Gasteiger partial charge in [-0.15, -0.1) is 0 Å². The number of carbonyl (C=O) groups excluding carboxylic acids is 2. The molecular weight excluding hydrogens is 686 g/mol. The fraction of sp³-hybridized carbons (Fsp3) is 0.278. The predicted octanol–water partition coefficient (Wildman–Crippen LogP) is 7.31. The van der Waals surface area contributed by atoms with Crippen molar-refractivity contribution in [2.24, 2.45) is 0 Å². The van der Waals surface area contributed by atoms with Crippen LogP contribution in [0.5, 0.6) is 0 Å². The summed E-state index contributed by atoms with van der Waals surface area (Å²) in [5, 5.41) is 3.60. The molecule has 1 N–H and O–H groups in total. The topological polar surface area (TPSA) is 86.8 Å². The van der Waals surface area contributed by atoms with Crippen LogP contribution >= 0.6 is 27.5 Å². The molecule has 0 aromatic heterocycles.